The van der Waals surface area contributed by atoms with Gasteiger partial charge in [-0.05, 0) is 30.7 Å². The van der Waals surface area contributed by atoms with Crippen LogP contribution in [0.15, 0.2) is 48.7 Å². The first kappa shape index (κ1) is 21.0. The third-order valence-corrected chi connectivity index (χ3v) is 5.68. The molecule has 1 N–H and O–H groups in total. The molecule has 31 heavy (non-hydrogen) atoms. The van der Waals surface area contributed by atoms with E-state index in [0.29, 0.717) is 24.5 Å². The first-order valence-electron chi connectivity index (χ1n) is 10.7. The lowest BCUT2D eigenvalue weighted by Gasteiger charge is -2.29. The summed E-state index contributed by atoms with van der Waals surface area (Å²) in [6.45, 7) is 3.80. The molecule has 2 aliphatic heterocycles. The number of rotatable bonds is 5. The molecule has 0 unspecified atom stereocenters. The number of anilines is 2. The number of para-hydroxylation sites is 2. The molecule has 1 aromatic carbocycles. The summed E-state index contributed by atoms with van der Waals surface area (Å²) >= 11 is 0. The summed E-state index contributed by atoms with van der Waals surface area (Å²) in [7, 11) is 0. The van der Waals surface area contributed by atoms with Gasteiger partial charge in [-0.2, -0.15) is 0 Å². The molecule has 0 saturated carbocycles. The quantitative estimate of drug-likeness (QED) is 0.797. The average Bonchev–Trinajstić information content (AvgIpc) is 3.03. The van der Waals surface area contributed by atoms with Crippen LogP contribution < -0.4 is 10.2 Å². The van der Waals surface area contributed by atoms with Crippen molar-refractivity contribution in [3.8, 4) is 0 Å². The van der Waals surface area contributed by atoms with Gasteiger partial charge in [-0.15, -0.1) is 0 Å². The van der Waals surface area contributed by atoms with Crippen LogP contribution in [-0.4, -0.2) is 65.2 Å². The van der Waals surface area contributed by atoms with E-state index in [9.17, 15) is 14.4 Å². The highest BCUT2D eigenvalue weighted by molar-refractivity contribution is 6.10. The number of nitrogens with zero attached hydrogens (tertiary/aromatic N) is 4. The van der Waals surface area contributed by atoms with Crippen LogP contribution in [0, 0.1) is 0 Å². The Hall–Kier alpha value is -3.26. The van der Waals surface area contributed by atoms with Crippen molar-refractivity contribution < 1.29 is 14.4 Å². The molecule has 162 valence electrons. The van der Waals surface area contributed by atoms with E-state index >= 15 is 0 Å². The summed E-state index contributed by atoms with van der Waals surface area (Å²) in [5.41, 5.74) is 2.33. The van der Waals surface area contributed by atoms with E-state index in [1.807, 2.05) is 35.2 Å². The van der Waals surface area contributed by atoms with Crippen LogP contribution in [0.5, 0.6) is 0 Å². The third kappa shape index (κ3) is 5.27. The Morgan fingerprint density at radius 2 is 1.74 bits per heavy atom. The molecule has 0 bridgehead atoms. The van der Waals surface area contributed by atoms with Gasteiger partial charge in [-0.1, -0.05) is 18.2 Å². The molecule has 0 radical (unpaired) electrons. The number of carbonyl (C=O) groups excluding carboxylic acids is 3. The Morgan fingerprint density at radius 1 is 0.935 bits per heavy atom. The van der Waals surface area contributed by atoms with Crippen molar-refractivity contribution in [3.63, 3.8) is 0 Å². The van der Waals surface area contributed by atoms with Crippen LogP contribution in [0.1, 0.15) is 25.0 Å². The molecule has 2 aromatic rings. The maximum Gasteiger partial charge on any atom is 0.244 e. The summed E-state index contributed by atoms with van der Waals surface area (Å²) < 4.78 is 0. The minimum Gasteiger partial charge on any atom is -0.341 e. The standard InChI is InChI=1S/C23H27N5O3/c29-21-17-28(20-8-2-1-7-19(20)25-21)23(31)10-9-22(30)27-13-5-12-26(14-15-27)16-18-6-3-4-11-24-18/h1-4,6-8,11H,5,9-10,12-17H2,(H,25,29). The maximum absolute atomic E-state index is 12.8. The first-order chi connectivity index (χ1) is 15.1. The molecule has 8 nitrogen and oxygen atoms in total. The summed E-state index contributed by atoms with van der Waals surface area (Å²) in [6, 6.07) is 13.1. The number of hydrogen-bond donors (Lipinski definition) is 1. The molecule has 8 heteroatoms. The molecule has 3 heterocycles. The Labute approximate surface area is 181 Å². The van der Waals surface area contributed by atoms with E-state index in [1.54, 1.807) is 18.3 Å². The topological polar surface area (TPSA) is 85.9 Å². The van der Waals surface area contributed by atoms with E-state index in [0.717, 1.165) is 31.7 Å². The van der Waals surface area contributed by atoms with E-state index in [1.165, 1.54) is 4.90 Å². The lowest BCUT2D eigenvalue weighted by molar-refractivity contribution is -0.133. The van der Waals surface area contributed by atoms with Gasteiger partial charge in [0.15, 0.2) is 0 Å². The zero-order valence-electron chi connectivity index (χ0n) is 17.5. The predicted octanol–water partition coefficient (Wildman–Crippen LogP) is 1.88. The molecule has 1 saturated heterocycles. The maximum atomic E-state index is 12.8. The van der Waals surface area contributed by atoms with Gasteiger partial charge >= 0.3 is 0 Å². The first-order valence-corrected chi connectivity index (χ1v) is 10.7. The molecule has 0 aliphatic carbocycles. The van der Waals surface area contributed by atoms with E-state index in [2.05, 4.69) is 15.2 Å². The van der Waals surface area contributed by atoms with Crippen LogP contribution in [0.2, 0.25) is 0 Å². The number of carbonyl (C=O) groups is 3. The lowest BCUT2D eigenvalue weighted by atomic mass is 10.1. The van der Waals surface area contributed by atoms with Gasteiger partial charge in [-0.3, -0.25) is 24.3 Å². The number of fused-ring (bicyclic) bond motifs is 1. The van der Waals surface area contributed by atoms with Gasteiger partial charge in [-0.25, -0.2) is 0 Å². The SMILES string of the molecule is O=C1CN(C(=O)CCC(=O)N2CCCN(Cc3ccccn3)CC2)c2ccccc2N1. The summed E-state index contributed by atoms with van der Waals surface area (Å²) in [6.07, 6.45) is 2.94. The van der Waals surface area contributed by atoms with E-state index in [4.69, 9.17) is 0 Å². The predicted molar refractivity (Wildman–Crippen MR) is 117 cm³/mol. The smallest absolute Gasteiger partial charge is 0.244 e. The van der Waals surface area contributed by atoms with E-state index in [-0.39, 0.29) is 37.1 Å². The normalized spacial score (nSPS) is 17.0. The second-order valence-corrected chi connectivity index (χ2v) is 7.88. The molecule has 1 fully saturated rings. The molecular weight excluding hydrogens is 394 g/mol. The van der Waals surface area contributed by atoms with Crippen LogP contribution in [0.25, 0.3) is 0 Å². The van der Waals surface area contributed by atoms with E-state index < -0.39 is 0 Å². The summed E-state index contributed by atoms with van der Waals surface area (Å²) in [4.78, 5) is 47.5. The molecule has 4 rings (SSSR count). The fraction of sp³-hybridized carbons (Fsp3) is 0.391. The molecule has 3 amide bonds. The van der Waals surface area contributed by atoms with Crippen molar-refractivity contribution in [1.82, 2.24) is 14.8 Å². The molecule has 2 aliphatic rings. The largest absolute Gasteiger partial charge is 0.341 e. The molecule has 0 atom stereocenters. The van der Waals surface area contributed by atoms with Crippen molar-refractivity contribution in [2.24, 2.45) is 0 Å². The fourth-order valence-corrected chi connectivity index (χ4v) is 4.06. The van der Waals surface area contributed by atoms with Gasteiger partial charge in [0.1, 0.15) is 6.54 Å². The second-order valence-electron chi connectivity index (χ2n) is 7.88. The second kappa shape index (κ2) is 9.70. The van der Waals surface area contributed by atoms with Crippen molar-refractivity contribution in [1.29, 1.82) is 0 Å². The molecule has 0 spiro atoms. The Bertz CT molecular complexity index is 949. The Balaban J connectivity index is 1.29. The Morgan fingerprint density at radius 3 is 2.58 bits per heavy atom. The van der Waals surface area contributed by atoms with Gasteiger partial charge in [0.2, 0.25) is 17.7 Å². The highest BCUT2D eigenvalue weighted by Crippen LogP contribution is 2.29. The Kier molecular flexibility index (Phi) is 6.57. The number of aromatic nitrogens is 1. The minimum atomic E-state index is -0.223. The third-order valence-electron chi connectivity index (χ3n) is 5.68. The molecular formula is C23H27N5O3. The number of benzene rings is 1. The number of pyridine rings is 1. The zero-order valence-corrected chi connectivity index (χ0v) is 17.5. The highest BCUT2D eigenvalue weighted by atomic mass is 16.2. The highest BCUT2D eigenvalue weighted by Gasteiger charge is 2.27. The minimum absolute atomic E-state index is 0.0113. The lowest BCUT2D eigenvalue weighted by Crippen LogP contribution is -2.42. The summed E-state index contributed by atoms with van der Waals surface area (Å²) in [5.74, 6) is -0.441. The van der Waals surface area contributed by atoms with Crippen LogP contribution >= 0.6 is 0 Å². The van der Waals surface area contributed by atoms with Crippen LogP contribution in [0.3, 0.4) is 0 Å². The van der Waals surface area contributed by atoms with Gasteiger partial charge in [0.05, 0.1) is 17.1 Å². The van der Waals surface area contributed by atoms with Gasteiger partial charge in [0, 0.05) is 51.8 Å². The fourth-order valence-electron chi connectivity index (χ4n) is 4.06. The summed E-state index contributed by atoms with van der Waals surface area (Å²) in [5, 5.41) is 2.77. The van der Waals surface area contributed by atoms with Crippen molar-refractivity contribution in [3.05, 3.63) is 54.4 Å². The van der Waals surface area contributed by atoms with Crippen LogP contribution in [0.4, 0.5) is 11.4 Å². The van der Waals surface area contributed by atoms with Crippen LogP contribution in [-0.2, 0) is 20.9 Å². The van der Waals surface area contributed by atoms with Gasteiger partial charge < -0.3 is 15.1 Å². The number of amides is 3. The van der Waals surface area contributed by atoms with Crippen molar-refractivity contribution in [2.75, 3.05) is 42.9 Å². The monoisotopic (exact) mass is 421 g/mol. The van der Waals surface area contributed by atoms with Crippen molar-refractivity contribution in [2.45, 2.75) is 25.8 Å². The average molecular weight is 422 g/mol. The molecule has 1 aromatic heterocycles. The number of hydrogen-bond acceptors (Lipinski definition) is 5. The van der Waals surface area contributed by atoms with Gasteiger partial charge in [0.25, 0.3) is 0 Å². The van der Waals surface area contributed by atoms with Crippen molar-refractivity contribution >= 4 is 29.1 Å². The zero-order chi connectivity index (χ0) is 21.6. The number of nitrogens with one attached hydrogen (secondary N) is 1.